The van der Waals surface area contributed by atoms with Crippen molar-refractivity contribution in [3.8, 4) is 12.3 Å². The van der Waals surface area contributed by atoms with Gasteiger partial charge < -0.3 is 15.1 Å². The van der Waals surface area contributed by atoms with Gasteiger partial charge >= 0.3 is 0 Å². The molecule has 0 atom stereocenters. The largest absolute Gasteiger partial charge is 0.336 e. The van der Waals surface area contributed by atoms with Crippen LogP contribution >= 0.6 is 0 Å². The van der Waals surface area contributed by atoms with Gasteiger partial charge in [-0.25, -0.2) is 0 Å². The smallest absolute Gasteiger partial charge is 0.253 e. The Bertz CT molecular complexity index is 752. The first-order valence-electron chi connectivity index (χ1n) is 9.27. The molecule has 0 radical (unpaired) electrons. The van der Waals surface area contributed by atoms with Crippen LogP contribution in [0.3, 0.4) is 0 Å². The maximum Gasteiger partial charge on any atom is 0.253 e. The molecule has 1 aromatic rings. The summed E-state index contributed by atoms with van der Waals surface area (Å²) in [5.41, 5.74) is 0.876. The van der Waals surface area contributed by atoms with Crippen LogP contribution in [-0.4, -0.2) is 60.5 Å². The summed E-state index contributed by atoms with van der Waals surface area (Å²) in [6, 6.07) is 7.05. The van der Waals surface area contributed by atoms with Crippen molar-refractivity contribution in [3.05, 3.63) is 29.8 Å². The third-order valence-corrected chi connectivity index (χ3v) is 5.01. The first-order valence-corrected chi connectivity index (χ1v) is 9.27. The molecule has 1 N–H and O–H groups in total. The highest BCUT2D eigenvalue weighted by molar-refractivity contribution is 5.96. The number of hydrogen-bond acceptors (Lipinski definition) is 5. The number of likely N-dealkylation sites (N-methyl/N-ethyl adjacent to an activating group) is 1. The summed E-state index contributed by atoms with van der Waals surface area (Å²) in [5, 5.41) is 10.9. The van der Waals surface area contributed by atoms with Crippen LogP contribution in [0.25, 0.3) is 0 Å². The summed E-state index contributed by atoms with van der Waals surface area (Å²) < 4.78 is 0. The second-order valence-corrected chi connectivity index (χ2v) is 7.11. The van der Waals surface area contributed by atoms with E-state index in [0.29, 0.717) is 36.9 Å². The van der Waals surface area contributed by atoms with Gasteiger partial charge in [-0.1, -0.05) is 0 Å². The van der Waals surface area contributed by atoms with E-state index < -0.39 is 5.66 Å². The van der Waals surface area contributed by atoms with Crippen LogP contribution in [0.15, 0.2) is 34.5 Å². The van der Waals surface area contributed by atoms with Crippen LogP contribution in [0.2, 0.25) is 0 Å². The quantitative estimate of drug-likeness (QED) is 0.752. The highest BCUT2D eigenvalue weighted by Crippen LogP contribution is 2.37. The molecule has 2 aliphatic rings. The van der Waals surface area contributed by atoms with Crippen LogP contribution in [0.1, 0.15) is 36.0 Å². The lowest BCUT2D eigenvalue weighted by molar-refractivity contribution is -0.116. The molecular weight excluding hydrogens is 342 g/mol. The lowest BCUT2D eigenvalue weighted by Crippen LogP contribution is -2.47. The second kappa shape index (κ2) is 8.31. The number of rotatable bonds is 7. The fourth-order valence-electron chi connectivity index (χ4n) is 3.09. The Morgan fingerprint density at radius 3 is 2.41 bits per heavy atom. The van der Waals surface area contributed by atoms with E-state index >= 15 is 0 Å². The first-order chi connectivity index (χ1) is 13.0. The zero-order valence-electron chi connectivity index (χ0n) is 15.6. The fourth-order valence-corrected chi connectivity index (χ4v) is 3.09. The minimum Gasteiger partial charge on any atom is -0.336 e. The Kier molecular flexibility index (Phi) is 5.87. The van der Waals surface area contributed by atoms with Crippen LogP contribution in [-0.2, 0) is 4.79 Å². The predicted octanol–water partition coefficient (Wildman–Crippen LogP) is 2.37. The van der Waals surface area contributed by atoms with Gasteiger partial charge in [-0.05, 0) is 31.3 Å². The van der Waals surface area contributed by atoms with Crippen molar-refractivity contribution in [2.75, 3.05) is 38.5 Å². The molecule has 7 heteroatoms. The summed E-state index contributed by atoms with van der Waals surface area (Å²) in [4.78, 5) is 28.8. The van der Waals surface area contributed by atoms with Gasteiger partial charge in [0, 0.05) is 63.1 Å². The number of nitrogens with one attached hydrogen (secondary N) is 1. The van der Waals surface area contributed by atoms with Gasteiger partial charge in [0.2, 0.25) is 5.91 Å². The zero-order valence-corrected chi connectivity index (χ0v) is 15.6. The van der Waals surface area contributed by atoms with Gasteiger partial charge in [-0.15, -0.1) is 12.3 Å². The highest BCUT2D eigenvalue weighted by Gasteiger charge is 2.39. The van der Waals surface area contributed by atoms with E-state index in [1.807, 2.05) is 4.90 Å². The maximum atomic E-state index is 12.5. The minimum absolute atomic E-state index is 0.0355. The standard InChI is InChI=1S/C20H25N5O2/c1-3-4-10-20(22-23-20)11-9-18(26)21-17-7-5-16(6-8-17)19(27)25-14-12-24(2)13-15-25/h1,5-8H,4,9-15H2,2H3,(H,21,26). The number of terminal acetylenes is 1. The van der Waals surface area contributed by atoms with Gasteiger partial charge in [-0.2, -0.15) is 10.2 Å². The molecule has 0 aromatic heterocycles. The van der Waals surface area contributed by atoms with Crippen LogP contribution in [0.5, 0.6) is 0 Å². The van der Waals surface area contributed by atoms with Crippen molar-refractivity contribution in [2.45, 2.75) is 31.3 Å². The van der Waals surface area contributed by atoms with Crippen molar-refractivity contribution in [2.24, 2.45) is 10.2 Å². The van der Waals surface area contributed by atoms with E-state index in [4.69, 9.17) is 6.42 Å². The summed E-state index contributed by atoms with van der Waals surface area (Å²) >= 11 is 0. The van der Waals surface area contributed by atoms with Crippen molar-refractivity contribution in [3.63, 3.8) is 0 Å². The van der Waals surface area contributed by atoms with Crippen LogP contribution in [0.4, 0.5) is 5.69 Å². The van der Waals surface area contributed by atoms with Gasteiger partial charge in [-0.3, -0.25) is 9.59 Å². The molecule has 2 heterocycles. The Morgan fingerprint density at radius 1 is 1.15 bits per heavy atom. The number of piperazine rings is 1. The molecule has 142 valence electrons. The lowest BCUT2D eigenvalue weighted by atomic mass is 10.0. The molecule has 1 aromatic carbocycles. The summed E-state index contributed by atoms with van der Waals surface area (Å²) in [6.45, 7) is 3.26. The normalized spacial score (nSPS) is 18.0. The topological polar surface area (TPSA) is 77.4 Å². The van der Waals surface area contributed by atoms with Crippen LogP contribution in [0, 0.1) is 12.3 Å². The number of anilines is 1. The average molecular weight is 367 g/mol. The predicted molar refractivity (Wildman–Crippen MR) is 103 cm³/mol. The first kappa shape index (κ1) is 19.1. The second-order valence-electron chi connectivity index (χ2n) is 7.11. The van der Waals surface area contributed by atoms with Gasteiger partial charge in [0.25, 0.3) is 5.91 Å². The molecule has 27 heavy (non-hydrogen) atoms. The number of carbonyl (C=O) groups is 2. The molecule has 1 fully saturated rings. The van der Waals surface area contributed by atoms with E-state index in [2.05, 4.69) is 33.4 Å². The van der Waals surface area contributed by atoms with E-state index in [0.717, 1.165) is 26.2 Å². The molecule has 0 aliphatic carbocycles. The van der Waals surface area contributed by atoms with E-state index in [1.54, 1.807) is 24.3 Å². The number of amides is 2. The lowest BCUT2D eigenvalue weighted by Gasteiger charge is -2.32. The third kappa shape index (κ3) is 5.14. The summed E-state index contributed by atoms with van der Waals surface area (Å²) in [7, 11) is 2.06. The Labute approximate surface area is 159 Å². The van der Waals surface area contributed by atoms with E-state index in [-0.39, 0.29) is 11.8 Å². The molecule has 0 spiro atoms. The molecular formula is C20H25N5O2. The van der Waals surface area contributed by atoms with Gasteiger partial charge in [0.1, 0.15) is 0 Å². The molecule has 7 nitrogen and oxygen atoms in total. The molecule has 2 amide bonds. The van der Waals surface area contributed by atoms with E-state index in [9.17, 15) is 9.59 Å². The zero-order chi connectivity index (χ0) is 19.3. The fraction of sp³-hybridized carbons (Fsp3) is 0.500. The maximum absolute atomic E-state index is 12.5. The van der Waals surface area contributed by atoms with Crippen molar-refractivity contribution in [1.29, 1.82) is 0 Å². The minimum atomic E-state index is -0.442. The molecule has 0 bridgehead atoms. The average Bonchev–Trinajstić information content (AvgIpc) is 3.46. The molecule has 2 aliphatic heterocycles. The number of benzene rings is 1. The molecule has 1 saturated heterocycles. The highest BCUT2D eigenvalue weighted by atomic mass is 16.2. The van der Waals surface area contributed by atoms with Crippen molar-refractivity contribution in [1.82, 2.24) is 9.80 Å². The summed E-state index contributed by atoms with van der Waals surface area (Å²) in [5.74, 6) is 2.52. The Morgan fingerprint density at radius 2 is 1.81 bits per heavy atom. The van der Waals surface area contributed by atoms with Crippen molar-refractivity contribution >= 4 is 17.5 Å². The molecule has 3 rings (SSSR count). The number of carbonyl (C=O) groups excluding carboxylic acids is 2. The Balaban J connectivity index is 1.47. The van der Waals surface area contributed by atoms with E-state index in [1.165, 1.54) is 0 Å². The van der Waals surface area contributed by atoms with Gasteiger partial charge in [0.15, 0.2) is 5.66 Å². The monoisotopic (exact) mass is 367 g/mol. The van der Waals surface area contributed by atoms with Gasteiger partial charge in [0.05, 0.1) is 0 Å². The Hall–Kier alpha value is -2.72. The third-order valence-electron chi connectivity index (χ3n) is 5.01. The SMILES string of the molecule is C#CCCC1(CCC(=O)Nc2ccc(C(=O)N3CCN(C)CC3)cc2)N=N1. The molecule has 0 unspecified atom stereocenters. The number of hydrogen-bond donors (Lipinski definition) is 1. The summed E-state index contributed by atoms with van der Waals surface area (Å²) in [6.07, 6.45) is 7.47. The molecule has 0 saturated carbocycles. The number of nitrogens with zero attached hydrogens (tertiary/aromatic N) is 4. The van der Waals surface area contributed by atoms with Crippen LogP contribution < -0.4 is 5.32 Å². The van der Waals surface area contributed by atoms with Crippen molar-refractivity contribution < 1.29 is 9.59 Å².